The number of anilines is 1. The Bertz CT molecular complexity index is 1170. The van der Waals surface area contributed by atoms with E-state index in [1.54, 1.807) is 24.0 Å². The lowest BCUT2D eigenvalue weighted by Gasteiger charge is -2.36. The number of rotatable bonds is 4. The second-order valence-electron chi connectivity index (χ2n) is 8.26. The van der Waals surface area contributed by atoms with Crippen LogP contribution in [0, 0.1) is 17.6 Å². The van der Waals surface area contributed by atoms with Gasteiger partial charge in [-0.05, 0) is 56.9 Å². The van der Waals surface area contributed by atoms with Gasteiger partial charge in [0.05, 0.1) is 11.9 Å². The van der Waals surface area contributed by atoms with Gasteiger partial charge in [0.2, 0.25) is 5.91 Å². The summed E-state index contributed by atoms with van der Waals surface area (Å²) in [6, 6.07) is 6.86. The van der Waals surface area contributed by atoms with Crippen molar-refractivity contribution >= 4 is 11.6 Å². The van der Waals surface area contributed by atoms with E-state index in [0.717, 1.165) is 48.7 Å². The number of aryl methyl sites for hydroxylation is 1. The number of amides is 1. The Morgan fingerprint density at radius 2 is 1.97 bits per heavy atom. The summed E-state index contributed by atoms with van der Waals surface area (Å²) in [5.74, 6) is -0.914. The Balaban J connectivity index is 1.67. The molecule has 6 nitrogen and oxygen atoms in total. The SMILES string of the molecule is C[C@H]1CCc2c(ccc(-c3cn(C)nn3)c2Oc2cc(F)ccc2F)N1C(=O)C1CC1. The maximum absolute atomic E-state index is 14.4. The van der Waals surface area contributed by atoms with Crippen LogP contribution in [0.15, 0.2) is 36.5 Å². The van der Waals surface area contributed by atoms with Gasteiger partial charge in [0.25, 0.3) is 0 Å². The van der Waals surface area contributed by atoms with Gasteiger partial charge in [-0.1, -0.05) is 5.21 Å². The standard InChI is InChI=1S/C23H22F2N4O2/c1-13-3-7-17-20(29(13)23(30)14-4-5-14)10-8-16(19-12-28(2)27-26-19)22(17)31-21-11-15(24)6-9-18(21)25/h6,8-14H,3-5,7H2,1-2H3/t13-/m0/s1. The molecule has 1 amide bonds. The van der Waals surface area contributed by atoms with Crippen molar-refractivity contribution in [3.05, 3.63) is 53.7 Å². The molecule has 5 rings (SSSR count). The van der Waals surface area contributed by atoms with Crippen LogP contribution in [0.25, 0.3) is 11.3 Å². The summed E-state index contributed by atoms with van der Waals surface area (Å²) in [5, 5.41) is 8.15. The first-order valence-corrected chi connectivity index (χ1v) is 10.4. The van der Waals surface area contributed by atoms with Crippen LogP contribution in [-0.2, 0) is 18.3 Å². The van der Waals surface area contributed by atoms with Gasteiger partial charge in [0.1, 0.15) is 17.3 Å². The highest BCUT2D eigenvalue weighted by atomic mass is 19.1. The summed E-state index contributed by atoms with van der Waals surface area (Å²) in [4.78, 5) is 14.8. The molecule has 1 aromatic heterocycles. The number of benzene rings is 2. The second-order valence-corrected chi connectivity index (χ2v) is 8.26. The van der Waals surface area contributed by atoms with Gasteiger partial charge < -0.3 is 9.64 Å². The molecule has 160 valence electrons. The first kappa shape index (κ1) is 19.7. The molecule has 0 radical (unpaired) electrons. The van der Waals surface area contributed by atoms with Crippen molar-refractivity contribution < 1.29 is 18.3 Å². The summed E-state index contributed by atoms with van der Waals surface area (Å²) in [7, 11) is 1.75. The zero-order valence-electron chi connectivity index (χ0n) is 17.3. The second kappa shape index (κ2) is 7.44. The van der Waals surface area contributed by atoms with Gasteiger partial charge in [-0.25, -0.2) is 8.78 Å². The van der Waals surface area contributed by atoms with E-state index in [-0.39, 0.29) is 23.6 Å². The molecule has 3 aromatic rings. The molecule has 0 saturated heterocycles. The zero-order chi connectivity index (χ0) is 21.7. The number of aromatic nitrogens is 3. The van der Waals surface area contributed by atoms with Crippen molar-refractivity contribution in [2.75, 3.05) is 4.90 Å². The number of fused-ring (bicyclic) bond motifs is 1. The third-order valence-corrected chi connectivity index (χ3v) is 5.90. The summed E-state index contributed by atoms with van der Waals surface area (Å²) in [6.07, 6.45) is 4.94. The molecule has 1 saturated carbocycles. The first-order valence-electron chi connectivity index (χ1n) is 10.4. The topological polar surface area (TPSA) is 60.2 Å². The first-order chi connectivity index (χ1) is 14.9. The predicted molar refractivity (Wildman–Crippen MR) is 111 cm³/mol. The zero-order valence-corrected chi connectivity index (χ0v) is 17.3. The summed E-state index contributed by atoms with van der Waals surface area (Å²) >= 11 is 0. The average molecular weight is 424 g/mol. The van der Waals surface area contributed by atoms with E-state index in [4.69, 9.17) is 4.74 Å². The van der Waals surface area contributed by atoms with Crippen LogP contribution >= 0.6 is 0 Å². The molecular weight excluding hydrogens is 402 g/mol. The Hall–Kier alpha value is -3.29. The van der Waals surface area contributed by atoms with Gasteiger partial charge in [-0.15, -0.1) is 5.10 Å². The van der Waals surface area contributed by atoms with Crippen LogP contribution in [0.3, 0.4) is 0 Å². The Labute approximate surface area is 178 Å². The van der Waals surface area contributed by atoms with Crippen LogP contribution in [-0.4, -0.2) is 26.9 Å². The molecule has 2 heterocycles. The van der Waals surface area contributed by atoms with Crippen molar-refractivity contribution in [3.63, 3.8) is 0 Å². The quantitative estimate of drug-likeness (QED) is 0.613. The average Bonchev–Trinajstić information content (AvgIpc) is 3.51. The molecule has 0 spiro atoms. The molecule has 2 aromatic carbocycles. The minimum atomic E-state index is -0.667. The van der Waals surface area contributed by atoms with Crippen molar-refractivity contribution in [1.82, 2.24) is 15.0 Å². The number of hydrogen-bond acceptors (Lipinski definition) is 4. The number of hydrogen-bond donors (Lipinski definition) is 0. The minimum absolute atomic E-state index is 0.0572. The molecule has 31 heavy (non-hydrogen) atoms. The number of halogens is 2. The molecule has 8 heteroatoms. The van der Waals surface area contributed by atoms with Crippen molar-refractivity contribution in [3.8, 4) is 22.8 Å². The number of nitrogens with zero attached hydrogens (tertiary/aromatic N) is 4. The molecule has 1 fully saturated rings. The van der Waals surface area contributed by atoms with E-state index < -0.39 is 11.6 Å². The summed E-state index contributed by atoms with van der Waals surface area (Å²) in [5.41, 5.74) is 2.72. The maximum atomic E-state index is 14.4. The van der Waals surface area contributed by atoms with E-state index in [1.807, 2.05) is 17.9 Å². The van der Waals surface area contributed by atoms with Crippen molar-refractivity contribution in [2.24, 2.45) is 13.0 Å². The van der Waals surface area contributed by atoms with Crippen molar-refractivity contribution in [1.29, 1.82) is 0 Å². The van der Waals surface area contributed by atoms with Crippen LogP contribution in [0.5, 0.6) is 11.5 Å². The van der Waals surface area contributed by atoms with E-state index in [2.05, 4.69) is 10.3 Å². The fourth-order valence-electron chi connectivity index (χ4n) is 4.12. The lowest BCUT2D eigenvalue weighted by atomic mass is 9.92. The van der Waals surface area contributed by atoms with Crippen molar-refractivity contribution in [2.45, 2.75) is 38.6 Å². The Morgan fingerprint density at radius 3 is 2.68 bits per heavy atom. The van der Waals surface area contributed by atoms with E-state index in [9.17, 15) is 13.6 Å². The molecule has 1 aliphatic heterocycles. The third-order valence-electron chi connectivity index (χ3n) is 5.90. The highest BCUT2D eigenvalue weighted by Gasteiger charge is 2.39. The normalized spacial score (nSPS) is 18.1. The van der Waals surface area contributed by atoms with Crippen LogP contribution in [0.1, 0.15) is 31.7 Å². The minimum Gasteiger partial charge on any atom is -0.453 e. The largest absolute Gasteiger partial charge is 0.453 e. The van der Waals surface area contributed by atoms with Gasteiger partial charge in [0.15, 0.2) is 11.6 Å². The maximum Gasteiger partial charge on any atom is 0.230 e. The fourth-order valence-corrected chi connectivity index (χ4v) is 4.12. The molecule has 1 atom stereocenters. The lowest BCUT2D eigenvalue weighted by molar-refractivity contribution is -0.120. The van der Waals surface area contributed by atoms with E-state index >= 15 is 0 Å². The Kier molecular flexibility index (Phi) is 4.72. The summed E-state index contributed by atoms with van der Waals surface area (Å²) < 4.78 is 35.8. The Morgan fingerprint density at radius 1 is 1.16 bits per heavy atom. The molecule has 0 bridgehead atoms. The van der Waals surface area contributed by atoms with Crippen LogP contribution in [0.4, 0.5) is 14.5 Å². The highest BCUT2D eigenvalue weighted by Crippen LogP contribution is 2.46. The van der Waals surface area contributed by atoms with E-state index in [0.29, 0.717) is 23.4 Å². The van der Waals surface area contributed by atoms with Gasteiger partial charge >= 0.3 is 0 Å². The van der Waals surface area contributed by atoms with Crippen LogP contribution < -0.4 is 9.64 Å². The predicted octanol–water partition coefficient (Wildman–Crippen LogP) is 4.63. The third kappa shape index (κ3) is 3.56. The molecule has 0 N–H and O–H groups in total. The van der Waals surface area contributed by atoms with E-state index in [1.165, 1.54) is 0 Å². The summed E-state index contributed by atoms with van der Waals surface area (Å²) in [6.45, 7) is 2.03. The molecule has 0 unspecified atom stereocenters. The lowest BCUT2D eigenvalue weighted by Crippen LogP contribution is -2.43. The number of ether oxygens (including phenoxy) is 1. The van der Waals surface area contributed by atoms with Gasteiger partial charge in [0, 0.05) is 36.2 Å². The number of carbonyl (C=O) groups is 1. The highest BCUT2D eigenvalue weighted by molar-refractivity contribution is 5.99. The molecular formula is C23H22F2N4O2. The monoisotopic (exact) mass is 424 g/mol. The van der Waals surface area contributed by atoms with Gasteiger partial charge in [-0.3, -0.25) is 9.48 Å². The fraction of sp³-hybridized carbons (Fsp3) is 0.348. The smallest absolute Gasteiger partial charge is 0.230 e. The number of carbonyl (C=O) groups excluding carboxylic acids is 1. The molecule has 2 aliphatic rings. The van der Waals surface area contributed by atoms with Crippen LogP contribution in [0.2, 0.25) is 0 Å². The molecule has 1 aliphatic carbocycles. The van der Waals surface area contributed by atoms with Gasteiger partial charge in [-0.2, -0.15) is 0 Å².